The van der Waals surface area contributed by atoms with Gasteiger partial charge in [0.1, 0.15) is 0 Å². The first-order valence-corrected chi connectivity index (χ1v) is 6.09. The van der Waals surface area contributed by atoms with Gasteiger partial charge in [0.2, 0.25) is 0 Å². The van der Waals surface area contributed by atoms with Crippen LogP contribution in [0.5, 0.6) is 5.75 Å². The fraction of sp³-hybridized carbons (Fsp3) is 0.571. The molecule has 15 heavy (non-hydrogen) atoms. The molecule has 84 valence electrons. The van der Waals surface area contributed by atoms with Gasteiger partial charge in [-0.05, 0) is 12.8 Å². The van der Waals surface area contributed by atoms with Gasteiger partial charge in [-0.3, -0.25) is 0 Å². The van der Waals surface area contributed by atoms with Crippen LogP contribution in [0.2, 0.25) is 0 Å². The van der Waals surface area contributed by atoms with Gasteiger partial charge in [0.05, 0.1) is 0 Å². The zero-order valence-corrected chi connectivity index (χ0v) is 9.67. The summed E-state index contributed by atoms with van der Waals surface area (Å²) < 4.78 is 0. The van der Waals surface area contributed by atoms with Crippen molar-refractivity contribution in [2.24, 2.45) is 0 Å². The molecule has 0 aliphatic carbocycles. The van der Waals surface area contributed by atoms with Gasteiger partial charge in [-0.15, -0.1) is 5.75 Å². The summed E-state index contributed by atoms with van der Waals surface area (Å²) in [6, 6.07) is 7.38. The maximum absolute atomic E-state index is 11.4. The number of hydrogen-bond donors (Lipinski definition) is 0. The highest BCUT2D eigenvalue weighted by Crippen LogP contribution is 2.16. The number of para-hydroxylation sites is 1. The van der Waals surface area contributed by atoms with Gasteiger partial charge in [-0.2, -0.15) is 0 Å². The van der Waals surface area contributed by atoms with Crippen LogP contribution in [0.15, 0.2) is 24.3 Å². The Morgan fingerprint density at radius 2 is 1.60 bits per heavy atom. The maximum atomic E-state index is 11.4. The Kier molecular flexibility index (Phi) is 5.91. The number of unbranched alkanes of at least 4 members (excludes halogenated alkanes) is 5. The van der Waals surface area contributed by atoms with Crippen LogP contribution in [0, 0.1) is 0 Å². The third kappa shape index (κ3) is 4.87. The van der Waals surface area contributed by atoms with E-state index in [1.165, 1.54) is 32.1 Å². The van der Waals surface area contributed by atoms with Gasteiger partial charge in [-0.25, -0.2) is 0 Å². The summed E-state index contributed by atoms with van der Waals surface area (Å²) in [5, 5.41) is 11.4. The predicted molar refractivity (Wildman–Crippen MR) is 63.0 cm³/mol. The van der Waals surface area contributed by atoms with E-state index in [1.807, 2.05) is 18.2 Å². The zero-order chi connectivity index (χ0) is 10.9. The molecule has 0 aromatic heterocycles. The second kappa shape index (κ2) is 7.33. The minimum absolute atomic E-state index is 0.200. The molecule has 0 unspecified atom stereocenters. The van der Waals surface area contributed by atoms with Crippen molar-refractivity contribution in [3.8, 4) is 5.75 Å². The van der Waals surface area contributed by atoms with E-state index in [9.17, 15) is 5.11 Å². The van der Waals surface area contributed by atoms with E-state index in [-0.39, 0.29) is 5.75 Å². The van der Waals surface area contributed by atoms with Crippen molar-refractivity contribution in [3.63, 3.8) is 0 Å². The summed E-state index contributed by atoms with van der Waals surface area (Å²) in [5.74, 6) is 0.200. The summed E-state index contributed by atoms with van der Waals surface area (Å²) in [6.45, 7) is 2.23. The van der Waals surface area contributed by atoms with E-state index in [2.05, 4.69) is 6.92 Å². The van der Waals surface area contributed by atoms with Gasteiger partial charge >= 0.3 is 0 Å². The average molecular weight is 205 g/mol. The first-order valence-electron chi connectivity index (χ1n) is 6.09. The highest BCUT2D eigenvalue weighted by atomic mass is 16.3. The molecular weight excluding hydrogens is 184 g/mol. The summed E-state index contributed by atoms with van der Waals surface area (Å²) in [4.78, 5) is 0. The lowest BCUT2D eigenvalue weighted by atomic mass is 10.0. The van der Waals surface area contributed by atoms with Gasteiger partial charge < -0.3 is 5.11 Å². The maximum Gasteiger partial charge on any atom is -0.0285 e. The molecule has 1 aromatic rings. The topological polar surface area (TPSA) is 23.1 Å². The highest BCUT2D eigenvalue weighted by Gasteiger charge is 1.94. The number of benzene rings is 1. The summed E-state index contributed by atoms with van der Waals surface area (Å²) in [7, 11) is 0. The van der Waals surface area contributed by atoms with Crippen LogP contribution in [0.3, 0.4) is 0 Å². The standard InChI is InChI=1S/C14H22O/c1-2-3-4-5-6-7-10-13-11-8-9-12-14(13)15/h8-9,11-12,15H,2-7,10H2,1H3/p-1. The molecule has 0 N–H and O–H groups in total. The molecule has 0 aliphatic heterocycles. The van der Waals surface area contributed by atoms with Crippen LogP contribution in [-0.4, -0.2) is 0 Å². The van der Waals surface area contributed by atoms with E-state index in [0.29, 0.717) is 0 Å². The molecule has 1 rings (SSSR count). The minimum Gasteiger partial charge on any atom is -0.872 e. The number of rotatable bonds is 7. The monoisotopic (exact) mass is 205 g/mol. The molecule has 1 heteroatoms. The second-order valence-corrected chi connectivity index (χ2v) is 4.13. The Hall–Kier alpha value is -0.980. The lowest BCUT2D eigenvalue weighted by Crippen LogP contribution is -1.96. The van der Waals surface area contributed by atoms with Gasteiger partial charge in [0.15, 0.2) is 0 Å². The fourth-order valence-corrected chi connectivity index (χ4v) is 1.81. The van der Waals surface area contributed by atoms with Crippen molar-refractivity contribution in [2.45, 2.75) is 51.9 Å². The smallest absolute Gasteiger partial charge is 0.0285 e. The van der Waals surface area contributed by atoms with E-state index in [4.69, 9.17) is 0 Å². The molecule has 0 amide bonds. The Bertz CT molecular complexity index is 268. The zero-order valence-electron chi connectivity index (χ0n) is 9.67. The summed E-state index contributed by atoms with van der Waals surface area (Å²) >= 11 is 0. The Labute approximate surface area is 93.1 Å². The van der Waals surface area contributed by atoms with Gasteiger partial charge in [-0.1, -0.05) is 68.9 Å². The summed E-state index contributed by atoms with van der Waals surface area (Å²) in [5.41, 5.74) is 0.980. The van der Waals surface area contributed by atoms with Crippen LogP contribution < -0.4 is 5.11 Å². The van der Waals surface area contributed by atoms with E-state index < -0.39 is 0 Å². The van der Waals surface area contributed by atoms with Crippen LogP contribution in [-0.2, 0) is 6.42 Å². The molecular formula is C14H21O-. The molecule has 0 aliphatic rings. The molecule has 1 nitrogen and oxygen atoms in total. The quantitative estimate of drug-likeness (QED) is 0.623. The van der Waals surface area contributed by atoms with Crippen molar-refractivity contribution in [3.05, 3.63) is 29.8 Å². The molecule has 0 fully saturated rings. The van der Waals surface area contributed by atoms with Gasteiger partial charge in [0, 0.05) is 0 Å². The normalized spacial score (nSPS) is 10.5. The van der Waals surface area contributed by atoms with E-state index >= 15 is 0 Å². The fourth-order valence-electron chi connectivity index (χ4n) is 1.81. The van der Waals surface area contributed by atoms with Crippen molar-refractivity contribution in [2.75, 3.05) is 0 Å². The van der Waals surface area contributed by atoms with Crippen molar-refractivity contribution in [1.29, 1.82) is 0 Å². The predicted octanol–water partition coefficient (Wildman–Crippen LogP) is 3.66. The third-order valence-corrected chi connectivity index (χ3v) is 2.77. The first-order chi connectivity index (χ1) is 7.34. The summed E-state index contributed by atoms with van der Waals surface area (Å²) in [6.07, 6.45) is 8.66. The molecule has 0 bridgehead atoms. The SMILES string of the molecule is CCCCCCCCc1ccccc1[O-]. The molecule has 0 heterocycles. The van der Waals surface area contributed by atoms with Crippen LogP contribution in [0.25, 0.3) is 0 Å². The number of hydrogen-bond acceptors (Lipinski definition) is 1. The second-order valence-electron chi connectivity index (χ2n) is 4.13. The largest absolute Gasteiger partial charge is 0.872 e. The molecule has 1 aromatic carbocycles. The lowest BCUT2D eigenvalue weighted by Gasteiger charge is -2.12. The number of aryl methyl sites for hydroxylation is 1. The van der Waals surface area contributed by atoms with Crippen LogP contribution >= 0.6 is 0 Å². The van der Waals surface area contributed by atoms with E-state index in [0.717, 1.165) is 18.4 Å². The molecule has 0 radical (unpaired) electrons. The highest BCUT2D eigenvalue weighted by molar-refractivity contribution is 5.30. The van der Waals surface area contributed by atoms with Gasteiger partial charge in [0.25, 0.3) is 0 Å². The van der Waals surface area contributed by atoms with Crippen molar-refractivity contribution in [1.82, 2.24) is 0 Å². The lowest BCUT2D eigenvalue weighted by molar-refractivity contribution is -0.269. The van der Waals surface area contributed by atoms with Crippen LogP contribution in [0.4, 0.5) is 0 Å². The first kappa shape index (κ1) is 12.1. The molecule has 0 atom stereocenters. The molecule has 0 saturated heterocycles. The minimum atomic E-state index is 0.200. The van der Waals surface area contributed by atoms with Crippen LogP contribution in [0.1, 0.15) is 51.0 Å². The van der Waals surface area contributed by atoms with E-state index in [1.54, 1.807) is 6.07 Å². The van der Waals surface area contributed by atoms with Crippen molar-refractivity contribution < 1.29 is 5.11 Å². The Morgan fingerprint density at radius 3 is 2.33 bits per heavy atom. The Balaban J connectivity index is 2.12. The van der Waals surface area contributed by atoms with Crippen molar-refractivity contribution >= 4 is 0 Å². The molecule has 0 spiro atoms. The Morgan fingerprint density at radius 1 is 0.933 bits per heavy atom. The third-order valence-electron chi connectivity index (χ3n) is 2.77. The average Bonchev–Trinajstić information content (AvgIpc) is 2.25. The molecule has 0 saturated carbocycles.